The summed E-state index contributed by atoms with van der Waals surface area (Å²) >= 11 is 0. The van der Waals surface area contributed by atoms with Gasteiger partial charge < -0.3 is 11.1 Å². The van der Waals surface area contributed by atoms with Crippen LogP contribution in [-0.4, -0.2) is 32.0 Å². The second-order valence-corrected chi connectivity index (χ2v) is 4.69. The molecule has 0 aliphatic rings. The first-order valence-corrected chi connectivity index (χ1v) is 6.61. The number of aryl methyl sites for hydroxylation is 3. The van der Waals surface area contributed by atoms with Crippen LogP contribution < -0.4 is 11.1 Å². The fourth-order valence-electron chi connectivity index (χ4n) is 2.07. The molecule has 3 N–H and O–H groups in total. The number of amides is 1. The van der Waals surface area contributed by atoms with Crippen molar-refractivity contribution in [2.45, 2.75) is 26.8 Å². The number of nitrogens with two attached hydrogens (primary N) is 1. The zero-order valence-electron chi connectivity index (χ0n) is 12.1. The molecule has 0 spiro atoms. The SMILES string of the molecule is CCn1nc(C)c(N)c1C(=O)NCCc1cnn(C)c1. The summed E-state index contributed by atoms with van der Waals surface area (Å²) in [6, 6.07) is 0. The highest BCUT2D eigenvalue weighted by Crippen LogP contribution is 2.16. The maximum atomic E-state index is 12.2. The van der Waals surface area contributed by atoms with Crippen LogP contribution in [0.3, 0.4) is 0 Å². The van der Waals surface area contributed by atoms with Crippen molar-refractivity contribution in [3.63, 3.8) is 0 Å². The summed E-state index contributed by atoms with van der Waals surface area (Å²) in [6.07, 6.45) is 4.46. The average Bonchev–Trinajstić information content (AvgIpc) is 2.94. The number of anilines is 1. The number of nitrogens with zero attached hydrogens (tertiary/aromatic N) is 4. The van der Waals surface area contributed by atoms with Crippen molar-refractivity contribution in [2.75, 3.05) is 12.3 Å². The monoisotopic (exact) mass is 276 g/mol. The molecule has 0 saturated carbocycles. The molecule has 0 aliphatic heterocycles. The molecule has 0 saturated heterocycles. The van der Waals surface area contributed by atoms with Gasteiger partial charge in [0.25, 0.3) is 5.91 Å². The Morgan fingerprint density at radius 2 is 2.25 bits per heavy atom. The zero-order chi connectivity index (χ0) is 14.7. The third kappa shape index (κ3) is 2.81. The van der Waals surface area contributed by atoms with Crippen molar-refractivity contribution < 1.29 is 4.79 Å². The largest absolute Gasteiger partial charge is 0.395 e. The number of hydrogen-bond acceptors (Lipinski definition) is 4. The average molecular weight is 276 g/mol. The number of nitrogen functional groups attached to an aromatic ring is 1. The fourth-order valence-corrected chi connectivity index (χ4v) is 2.07. The third-order valence-corrected chi connectivity index (χ3v) is 3.15. The van der Waals surface area contributed by atoms with Crippen LogP contribution in [0.25, 0.3) is 0 Å². The summed E-state index contributed by atoms with van der Waals surface area (Å²) in [5, 5.41) is 11.2. The number of carbonyl (C=O) groups excluding carboxylic acids is 1. The molecule has 108 valence electrons. The highest BCUT2D eigenvalue weighted by atomic mass is 16.2. The normalized spacial score (nSPS) is 10.8. The lowest BCUT2D eigenvalue weighted by Gasteiger charge is -2.07. The van der Waals surface area contributed by atoms with Gasteiger partial charge in [-0.3, -0.25) is 14.2 Å². The van der Waals surface area contributed by atoms with E-state index in [2.05, 4.69) is 15.5 Å². The van der Waals surface area contributed by atoms with Gasteiger partial charge in [0.2, 0.25) is 0 Å². The van der Waals surface area contributed by atoms with Crippen LogP contribution in [0.5, 0.6) is 0 Å². The predicted molar refractivity (Wildman–Crippen MR) is 76.3 cm³/mol. The molecule has 2 aromatic heterocycles. The van der Waals surface area contributed by atoms with Gasteiger partial charge in [0.15, 0.2) is 0 Å². The maximum Gasteiger partial charge on any atom is 0.271 e. The van der Waals surface area contributed by atoms with E-state index in [1.54, 1.807) is 22.5 Å². The van der Waals surface area contributed by atoms with Gasteiger partial charge in [-0.1, -0.05) is 0 Å². The Morgan fingerprint density at radius 3 is 2.85 bits per heavy atom. The minimum atomic E-state index is -0.186. The standard InChI is InChI=1S/C13H20N6O/c1-4-19-12(11(14)9(2)17-19)13(20)15-6-5-10-7-16-18(3)8-10/h7-8H,4-6,14H2,1-3H3,(H,15,20). The van der Waals surface area contributed by atoms with Crippen molar-refractivity contribution in [2.24, 2.45) is 7.05 Å². The van der Waals surface area contributed by atoms with Crippen molar-refractivity contribution in [3.8, 4) is 0 Å². The molecule has 0 unspecified atom stereocenters. The molecule has 0 aromatic carbocycles. The van der Waals surface area contributed by atoms with Crippen LogP contribution in [-0.2, 0) is 20.0 Å². The van der Waals surface area contributed by atoms with Gasteiger partial charge in [-0.05, 0) is 25.8 Å². The summed E-state index contributed by atoms with van der Waals surface area (Å²) < 4.78 is 3.37. The molecule has 2 aromatic rings. The fraction of sp³-hybridized carbons (Fsp3) is 0.462. The number of aromatic nitrogens is 4. The van der Waals surface area contributed by atoms with Gasteiger partial charge in [-0.15, -0.1) is 0 Å². The highest BCUT2D eigenvalue weighted by Gasteiger charge is 2.18. The van der Waals surface area contributed by atoms with Crippen molar-refractivity contribution >= 4 is 11.6 Å². The Bertz CT molecular complexity index is 612. The topological polar surface area (TPSA) is 90.8 Å². The minimum absolute atomic E-state index is 0.186. The first-order chi connectivity index (χ1) is 9.52. The smallest absolute Gasteiger partial charge is 0.271 e. The van der Waals surface area contributed by atoms with Crippen LogP contribution in [0.15, 0.2) is 12.4 Å². The van der Waals surface area contributed by atoms with Gasteiger partial charge >= 0.3 is 0 Å². The molecular formula is C13H20N6O. The number of carbonyl (C=O) groups is 1. The number of hydrogen-bond donors (Lipinski definition) is 2. The molecule has 0 fully saturated rings. The van der Waals surface area contributed by atoms with Crippen molar-refractivity contribution in [1.29, 1.82) is 0 Å². The lowest BCUT2D eigenvalue weighted by molar-refractivity contribution is 0.0944. The van der Waals surface area contributed by atoms with Gasteiger partial charge in [0, 0.05) is 26.3 Å². The van der Waals surface area contributed by atoms with Crippen molar-refractivity contribution in [1.82, 2.24) is 24.9 Å². The van der Waals surface area contributed by atoms with Gasteiger partial charge in [0.1, 0.15) is 5.69 Å². The van der Waals surface area contributed by atoms with Crippen LogP contribution in [0, 0.1) is 6.92 Å². The van der Waals surface area contributed by atoms with E-state index in [4.69, 9.17) is 5.73 Å². The van der Waals surface area contributed by atoms with Crippen LogP contribution in [0.4, 0.5) is 5.69 Å². The molecule has 0 atom stereocenters. The van der Waals surface area contributed by atoms with Crippen LogP contribution in [0.1, 0.15) is 28.7 Å². The molecule has 2 rings (SSSR count). The van der Waals surface area contributed by atoms with E-state index in [1.807, 2.05) is 20.2 Å². The molecule has 0 radical (unpaired) electrons. The Labute approximate surface area is 117 Å². The minimum Gasteiger partial charge on any atom is -0.395 e. The first-order valence-electron chi connectivity index (χ1n) is 6.61. The summed E-state index contributed by atoms with van der Waals surface area (Å²) in [7, 11) is 1.87. The lowest BCUT2D eigenvalue weighted by Crippen LogP contribution is -2.28. The van der Waals surface area contributed by atoms with E-state index in [9.17, 15) is 4.79 Å². The number of rotatable bonds is 5. The summed E-state index contributed by atoms with van der Waals surface area (Å²) in [6.45, 7) is 4.88. The number of nitrogens with one attached hydrogen (secondary N) is 1. The molecule has 0 aliphatic carbocycles. The molecule has 2 heterocycles. The highest BCUT2D eigenvalue weighted by molar-refractivity contribution is 5.97. The summed E-state index contributed by atoms with van der Waals surface area (Å²) in [5.74, 6) is -0.186. The van der Waals surface area contributed by atoms with E-state index in [0.717, 1.165) is 12.0 Å². The molecule has 7 nitrogen and oxygen atoms in total. The van der Waals surface area contributed by atoms with E-state index in [0.29, 0.717) is 30.2 Å². The Kier molecular flexibility index (Phi) is 4.07. The summed E-state index contributed by atoms with van der Waals surface area (Å²) in [5.41, 5.74) is 8.57. The molecular weight excluding hydrogens is 256 g/mol. The second kappa shape index (κ2) is 5.77. The second-order valence-electron chi connectivity index (χ2n) is 4.69. The van der Waals surface area contributed by atoms with E-state index in [-0.39, 0.29) is 5.91 Å². The van der Waals surface area contributed by atoms with Crippen LogP contribution in [0.2, 0.25) is 0 Å². The van der Waals surface area contributed by atoms with E-state index >= 15 is 0 Å². The molecule has 1 amide bonds. The molecule has 7 heteroatoms. The molecule has 20 heavy (non-hydrogen) atoms. The summed E-state index contributed by atoms with van der Waals surface area (Å²) in [4.78, 5) is 12.2. The van der Waals surface area contributed by atoms with Gasteiger partial charge in [-0.2, -0.15) is 10.2 Å². The van der Waals surface area contributed by atoms with Gasteiger partial charge in [-0.25, -0.2) is 0 Å². The third-order valence-electron chi connectivity index (χ3n) is 3.15. The van der Waals surface area contributed by atoms with Gasteiger partial charge in [0.05, 0.1) is 17.6 Å². The zero-order valence-corrected chi connectivity index (χ0v) is 12.1. The van der Waals surface area contributed by atoms with E-state index < -0.39 is 0 Å². The first kappa shape index (κ1) is 14.1. The quantitative estimate of drug-likeness (QED) is 0.832. The van der Waals surface area contributed by atoms with Crippen molar-refractivity contribution in [3.05, 3.63) is 29.3 Å². The van der Waals surface area contributed by atoms with Crippen LogP contribution >= 0.6 is 0 Å². The molecule has 0 bridgehead atoms. The predicted octanol–water partition coefficient (Wildman–Crippen LogP) is 0.500. The Hall–Kier alpha value is -2.31. The lowest BCUT2D eigenvalue weighted by atomic mass is 10.2. The Balaban J connectivity index is 1.98. The maximum absolute atomic E-state index is 12.2. The Morgan fingerprint density at radius 1 is 1.50 bits per heavy atom. The van der Waals surface area contributed by atoms with E-state index in [1.165, 1.54) is 0 Å².